The number of aromatic nitrogens is 2. The zero-order valence-corrected chi connectivity index (χ0v) is 11.5. The lowest BCUT2D eigenvalue weighted by atomic mass is 10.1. The number of hydrogen-bond donors (Lipinski definition) is 1. The molecule has 94 valence electrons. The molecule has 0 bridgehead atoms. The van der Waals surface area contributed by atoms with Crippen molar-refractivity contribution in [2.24, 2.45) is 0 Å². The lowest BCUT2D eigenvalue weighted by Gasteiger charge is -2.06. The fourth-order valence-electron chi connectivity index (χ4n) is 1.82. The van der Waals surface area contributed by atoms with Gasteiger partial charge in [-0.3, -0.25) is 0 Å². The predicted octanol–water partition coefficient (Wildman–Crippen LogP) is 2.95. The average Bonchev–Trinajstić information content (AvgIpc) is 2.78. The number of benzene rings is 1. The van der Waals surface area contributed by atoms with E-state index in [0.29, 0.717) is 10.9 Å². The third-order valence-corrected chi connectivity index (χ3v) is 3.46. The van der Waals surface area contributed by atoms with Gasteiger partial charge in [0.15, 0.2) is 0 Å². The largest absolute Gasteiger partial charge is 0.478 e. The van der Waals surface area contributed by atoms with Crippen molar-refractivity contribution < 1.29 is 9.90 Å². The van der Waals surface area contributed by atoms with Crippen LogP contribution in [-0.4, -0.2) is 20.6 Å². The van der Waals surface area contributed by atoms with Crippen LogP contribution in [0.25, 0.3) is 0 Å². The van der Waals surface area contributed by atoms with Crippen molar-refractivity contribution in [2.75, 3.05) is 0 Å². The molecule has 0 fully saturated rings. The predicted molar refractivity (Wildman–Crippen MR) is 71.8 cm³/mol. The minimum absolute atomic E-state index is 0.280. The highest BCUT2D eigenvalue weighted by molar-refractivity contribution is 9.10. The number of imidazole rings is 1. The Hall–Kier alpha value is -1.62. The quantitative estimate of drug-likeness (QED) is 0.944. The summed E-state index contributed by atoms with van der Waals surface area (Å²) in [4.78, 5) is 15.3. The first-order valence-corrected chi connectivity index (χ1v) is 6.43. The number of carboxylic acids is 1. The van der Waals surface area contributed by atoms with Crippen molar-refractivity contribution in [3.8, 4) is 0 Å². The number of hydrogen-bond acceptors (Lipinski definition) is 2. The van der Waals surface area contributed by atoms with Crippen molar-refractivity contribution >= 4 is 21.9 Å². The highest BCUT2D eigenvalue weighted by Crippen LogP contribution is 2.20. The van der Waals surface area contributed by atoms with Gasteiger partial charge in [-0.15, -0.1) is 0 Å². The first kappa shape index (κ1) is 12.8. The Morgan fingerprint density at radius 3 is 2.94 bits per heavy atom. The highest BCUT2D eigenvalue weighted by atomic mass is 79.9. The van der Waals surface area contributed by atoms with E-state index in [9.17, 15) is 4.79 Å². The molecule has 2 rings (SSSR count). The van der Waals surface area contributed by atoms with Gasteiger partial charge >= 0.3 is 5.97 Å². The van der Waals surface area contributed by atoms with Crippen LogP contribution in [0.4, 0.5) is 0 Å². The monoisotopic (exact) mass is 308 g/mol. The standard InChI is InChI=1S/C13H13BrN2O2/c1-2-16-6-5-15-12(16)8-9-3-4-11(14)10(7-9)13(17)18/h3-7H,2,8H2,1H3,(H,17,18). The molecule has 1 heterocycles. The second-order valence-electron chi connectivity index (χ2n) is 3.93. The summed E-state index contributed by atoms with van der Waals surface area (Å²) in [6, 6.07) is 5.35. The van der Waals surface area contributed by atoms with E-state index < -0.39 is 5.97 Å². The number of halogens is 1. The third-order valence-electron chi connectivity index (χ3n) is 2.77. The van der Waals surface area contributed by atoms with Gasteiger partial charge in [0.05, 0.1) is 5.56 Å². The van der Waals surface area contributed by atoms with E-state index in [1.165, 1.54) is 0 Å². The topological polar surface area (TPSA) is 55.1 Å². The van der Waals surface area contributed by atoms with Crippen LogP contribution in [0.1, 0.15) is 28.7 Å². The molecule has 2 aromatic rings. The maximum absolute atomic E-state index is 11.0. The molecule has 0 saturated heterocycles. The molecule has 0 radical (unpaired) electrons. The van der Waals surface area contributed by atoms with Crippen molar-refractivity contribution in [1.82, 2.24) is 9.55 Å². The van der Waals surface area contributed by atoms with Crippen molar-refractivity contribution in [3.05, 3.63) is 52.0 Å². The Labute approximate surface area is 113 Å². The Balaban J connectivity index is 2.30. The SMILES string of the molecule is CCn1ccnc1Cc1ccc(Br)c(C(=O)O)c1. The molecule has 1 N–H and O–H groups in total. The van der Waals surface area contributed by atoms with Gasteiger partial charge in [0.1, 0.15) is 5.82 Å². The first-order chi connectivity index (χ1) is 8.61. The van der Waals surface area contributed by atoms with Gasteiger partial charge < -0.3 is 9.67 Å². The van der Waals surface area contributed by atoms with E-state index in [-0.39, 0.29) is 5.56 Å². The molecule has 1 aromatic carbocycles. The maximum Gasteiger partial charge on any atom is 0.336 e. The van der Waals surface area contributed by atoms with E-state index in [0.717, 1.165) is 17.9 Å². The summed E-state index contributed by atoms with van der Waals surface area (Å²) < 4.78 is 2.64. The molecule has 18 heavy (non-hydrogen) atoms. The molecule has 0 aliphatic rings. The normalized spacial score (nSPS) is 10.6. The van der Waals surface area contributed by atoms with Gasteiger partial charge in [0, 0.05) is 29.8 Å². The first-order valence-electron chi connectivity index (χ1n) is 5.63. The Bertz CT molecular complexity index is 578. The van der Waals surface area contributed by atoms with E-state index >= 15 is 0 Å². The molecule has 0 amide bonds. The smallest absolute Gasteiger partial charge is 0.336 e. The van der Waals surface area contributed by atoms with Crippen LogP contribution in [0.2, 0.25) is 0 Å². The second-order valence-corrected chi connectivity index (χ2v) is 4.78. The van der Waals surface area contributed by atoms with Crippen molar-refractivity contribution in [2.45, 2.75) is 19.9 Å². The van der Waals surface area contributed by atoms with Crippen LogP contribution in [0.3, 0.4) is 0 Å². The van der Waals surface area contributed by atoms with Gasteiger partial charge in [-0.2, -0.15) is 0 Å². The van der Waals surface area contributed by atoms with Crippen molar-refractivity contribution in [1.29, 1.82) is 0 Å². The number of rotatable bonds is 4. The number of carbonyl (C=O) groups is 1. The van der Waals surface area contributed by atoms with Crippen LogP contribution in [0.5, 0.6) is 0 Å². The molecule has 5 heteroatoms. The summed E-state index contributed by atoms with van der Waals surface area (Å²) in [6.45, 7) is 2.91. The lowest BCUT2D eigenvalue weighted by molar-refractivity contribution is 0.0696. The van der Waals surface area contributed by atoms with Gasteiger partial charge in [-0.1, -0.05) is 6.07 Å². The maximum atomic E-state index is 11.0. The summed E-state index contributed by atoms with van der Waals surface area (Å²) in [7, 11) is 0. The summed E-state index contributed by atoms with van der Waals surface area (Å²) in [5, 5.41) is 9.07. The number of aromatic carboxylic acids is 1. The van der Waals surface area contributed by atoms with E-state index in [1.807, 2.05) is 16.8 Å². The summed E-state index contributed by atoms with van der Waals surface area (Å²) in [6.07, 6.45) is 4.32. The fraction of sp³-hybridized carbons (Fsp3) is 0.231. The van der Waals surface area contributed by atoms with Gasteiger partial charge in [0.2, 0.25) is 0 Å². The molecular formula is C13H13BrN2O2. The van der Waals surface area contributed by atoms with E-state index in [2.05, 4.69) is 27.8 Å². The zero-order valence-electron chi connectivity index (χ0n) is 9.93. The highest BCUT2D eigenvalue weighted by Gasteiger charge is 2.10. The van der Waals surface area contributed by atoms with Crippen LogP contribution < -0.4 is 0 Å². The fourth-order valence-corrected chi connectivity index (χ4v) is 2.24. The average molecular weight is 309 g/mol. The van der Waals surface area contributed by atoms with Crippen LogP contribution in [0, 0.1) is 0 Å². The molecule has 0 spiro atoms. The number of aryl methyl sites for hydroxylation is 1. The van der Waals surface area contributed by atoms with Gasteiger partial charge in [-0.05, 0) is 40.5 Å². The molecule has 1 aromatic heterocycles. The molecule has 0 atom stereocenters. The third kappa shape index (κ3) is 2.61. The lowest BCUT2D eigenvalue weighted by Crippen LogP contribution is -2.04. The van der Waals surface area contributed by atoms with Crippen LogP contribution in [-0.2, 0) is 13.0 Å². The zero-order chi connectivity index (χ0) is 13.1. The van der Waals surface area contributed by atoms with Crippen LogP contribution in [0.15, 0.2) is 35.1 Å². The molecule has 0 aliphatic carbocycles. The molecular weight excluding hydrogens is 296 g/mol. The minimum Gasteiger partial charge on any atom is -0.478 e. The van der Waals surface area contributed by atoms with Crippen molar-refractivity contribution in [3.63, 3.8) is 0 Å². The summed E-state index contributed by atoms with van der Waals surface area (Å²) in [5.41, 5.74) is 1.22. The Morgan fingerprint density at radius 1 is 1.50 bits per heavy atom. The number of carboxylic acid groups (broad SMARTS) is 1. The van der Waals surface area contributed by atoms with Crippen LogP contribution >= 0.6 is 15.9 Å². The summed E-state index contributed by atoms with van der Waals surface area (Å²) in [5.74, 6) is 0.0127. The molecule has 0 unspecified atom stereocenters. The van der Waals surface area contributed by atoms with Gasteiger partial charge in [-0.25, -0.2) is 9.78 Å². The summed E-state index contributed by atoms with van der Waals surface area (Å²) >= 11 is 3.24. The Kier molecular flexibility index (Phi) is 3.81. The molecule has 0 aliphatic heterocycles. The van der Waals surface area contributed by atoms with E-state index in [4.69, 9.17) is 5.11 Å². The second kappa shape index (κ2) is 5.35. The van der Waals surface area contributed by atoms with Gasteiger partial charge in [0.25, 0.3) is 0 Å². The molecule has 0 saturated carbocycles. The minimum atomic E-state index is -0.928. The molecule has 4 nitrogen and oxygen atoms in total. The number of nitrogens with zero attached hydrogens (tertiary/aromatic N) is 2. The van der Waals surface area contributed by atoms with E-state index in [1.54, 1.807) is 18.3 Å². The Morgan fingerprint density at radius 2 is 2.28 bits per heavy atom.